The van der Waals surface area contributed by atoms with Gasteiger partial charge in [-0.15, -0.1) is 0 Å². The second-order valence-corrected chi connectivity index (χ2v) is 12.1. The van der Waals surface area contributed by atoms with Crippen LogP contribution in [0.3, 0.4) is 0 Å². The molecule has 10 atom stereocenters. The molecule has 0 aromatic carbocycles. The smallest absolute Gasteiger partial charge is 0.220 e. The van der Waals surface area contributed by atoms with Crippen molar-refractivity contribution < 1.29 is 59.5 Å². The van der Waals surface area contributed by atoms with Gasteiger partial charge in [-0.25, -0.2) is 0 Å². The van der Waals surface area contributed by atoms with Crippen LogP contribution in [0.25, 0.3) is 0 Å². The summed E-state index contributed by atoms with van der Waals surface area (Å²) in [6.07, 6.45) is 5.32. The molecule has 2 aliphatic heterocycles. The highest BCUT2D eigenvalue weighted by atomic mass is 16.7. The molecule has 2 heterocycles. The number of unbranched alkanes of at least 4 members (excludes halogenated alkanes) is 11. The maximum absolute atomic E-state index is 12.2. The number of hydrogen-bond acceptors (Lipinski definition) is 12. The molecule has 2 saturated heterocycles. The zero-order chi connectivity index (χ0) is 33.0. The molecule has 13 heteroatoms. The van der Waals surface area contributed by atoms with Crippen LogP contribution in [0.4, 0.5) is 0 Å². The van der Waals surface area contributed by atoms with Crippen molar-refractivity contribution in [2.45, 2.75) is 158 Å². The zero-order valence-electron chi connectivity index (χ0n) is 26.8. The number of ether oxygens (including phenoxy) is 4. The molecular weight excluding hydrogens is 590 g/mol. The molecule has 0 aromatic rings. The minimum absolute atomic E-state index is 0.0249. The molecule has 0 aliphatic carbocycles. The van der Waals surface area contributed by atoms with Gasteiger partial charge in [-0.1, -0.05) is 70.4 Å². The predicted molar refractivity (Wildman–Crippen MR) is 165 cm³/mol. The Morgan fingerprint density at radius 3 is 1.87 bits per heavy atom. The Hall–Kier alpha value is -1.23. The normalized spacial score (nSPS) is 32.3. The highest BCUT2D eigenvalue weighted by molar-refractivity contribution is 5.75. The minimum atomic E-state index is -1.74. The highest BCUT2D eigenvalue weighted by Gasteiger charge is 2.50. The molecular formula is C32H59NO12. The Kier molecular flexibility index (Phi) is 20.6. The number of aliphatic hydroxyl groups excluding tert-OH is 7. The van der Waals surface area contributed by atoms with E-state index in [0.29, 0.717) is 6.42 Å². The fraction of sp³-hybridized carbons (Fsp3) is 0.906. The molecule has 13 nitrogen and oxygen atoms in total. The summed E-state index contributed by atoms with van der Waals surface area (Å²) < 4.78 is 21.9. The lowest BCUT2D eigenvalue weighted by atomic mass is 9.97. The van der Waals surface area contributed by atoms with Crippen molar-refractivity contribution in [3.63, 3.8) is 0 Å². The van der Waals surface area contributed by atoms with E-state index in [-0.39, 0.29) is 19.1 Å². The Labute approximate surface area is 267 Å². The molecule has 2 aliphatic rings. The third kappa shape index (κ3) is 14.2. The van der Waals surface area contributed by atoms with Gasteiger partial charge in [-0.2, -0.15) is 0 Å². The van der Waals surface area contributed by atoms with Crippen LogP contribution in [0, 0.1) is 0 Å². The second-order valence-electron chi connectivity index (χ2n) is 12.1. The monoisotopic (exact) mass is 649 g/mol. The molecule has 0 spiro atoms. The molecule has 0 saturated carbocycles. The summed E-state index contributed by atoms with van der Waals surface area (Å²) in [5.41, 5.74) is 0. The van der Waals surface area contributed by atoms with E-state index in [1.54, 1.807) is 0 Å². The average Bonchev–Trinajstić information content (AvgIpc) is 3.04. The van der Waals surface area contributed by atoms with Crippen LogP contribution < -0.4 is 5.32 Å². The lowest BCUT2D eigenvalue weighted by molar-refractivity contribution is -0.359. The fourth-order valence-corrected chi connectivity index (χ4v) is 5.50. The van der Waals surface area contributed by atoms with E-state index in [9.17, 15) is 40.5 Å². The first-order valence-electron chi connectivity index (χ1n) is 16.9. The van der Waals surface area contributed by atoms with Gasteiger partial charge >= 0.3 is 0 Å². The number of amides is 1. The van der Waals surface area contributed by atoms with E-state index < -0.39 is 74.6 Å². The summed E-state index contributed by atoms with van der Waals surface area (Å²) in [6.45, 7) is 1.04. The fourth-order valence-electron chi connectivity index (χ4n) is 5.50. The number of rotatable bonds is 23. The van der Waals surface area contributed by atoms with E-state index in [4.69, 9.17) is 18.9 Å². The van der Waals surface area contributed by atoms with Crippen molar-refractivity contribution in [3.8, 4) is 0 Å². The first kappa shape index (κ1) is 39.9. The van der Waals surface area contributed by atoms with E-state index in [2.05, 4.69) is 24.4 Å². The molecule has 0 unspecified atom stereocenters. The van der Waals surface area contributed by atoms with Gasteiger partial charge in [0.25, 0.3) is 0 Å². The number of aliphatic hydroxyl groups is 7. The molecule has 2 rings (SSSR count). The number of allylic oxidation sites excluding steroid dienone is 2. The van der Waals surface area contributed by atoms with Crippen molar-refractivity contribution in [2.24, 2.45) is 0 Å². The van der Waals surface area contributed by atoms with Crippen LogP contribution >= 0.6 is 0 Å². The zero-order valence-corrected chi connectivity index (χ0v) is 26.8. The summed E-state index contributed by atoms with van der Waals surface area (Å²) in [4.78, 5) is 12.2. The Bertz CT molecular complexity index is 800. The molecule has 1 amide bonds. The summed E-state index contributed by atoms with van der Waals surface area (Å²) >= 11 is 0. The van der Waals surface area contributed by atoms with Crippen molar-refractivity contribution in [3.05, 3.63) is 12.2 Å². The first-order chi connectivity index (χ1) is 21.7. The van der Waals surface area contributed by atoms with Crippen molar-refractivity contribution in [2.75, 3.05) is 26.4 Å². The van der Waals surface area contributed by atoms with Gasteiger partial charge in [-0.3, -0.25) is 4.79 Å². The Balaban J connectivity index is 1.56. The maximum atomic E-state index is 12.2. The standard InChI is InChI=1S/C32H59NO12/c1-2-3-4-5-6-7-8-9-10-11-12-13-14-15-16-17-24(36)33-18-19-42-31-29(41)27(39)30(23(21-35)44-31)45-32-28(40)26(38)25(37)22(20-34)43-32/h9-10,22-23,25-32,34-35,37-41H,2-8,11-21H2,1H3,(H,33,36)/b10-9-/t22-,23-,25+,26+,27-,28-,29-,30-,31-,32+/m1/s1. The highest BCUT2D eigenvalue weighted by Crippen LogP contribution is 2.29. The van der Waals surface area contributed by atoms with Crippen LogP contribution in [0.1, 0.15) is 96.8 Å². The van der Waals surface area contributed by atoms with Gasteiger partial charge in [0.15, 0.2) is 12.6 Å². The lowest BCUT2D eigenvalue weighted by Gasteiger charge is -2.45. The van der Waals surface area contributed by atoms with E-state index in [1.807, 2.05) is 0 Å². The van der Waals surface area contributed by atoms with Crippen molar-refractivity contribution in [1.82, 2.24) is 5.32 Å². The SMILES string of the molecule is CCCCCCCC/C=C\CCCCCCCC(=O)NCCO[C@@H]1O[C@H](CO)[C@@H](O[C@@H]2O[C@H](CO)[C@H](O)[C@H](O)[C@H]2O)[C@H](O)[C@H]1O. The van der Waals surface area contributed by atoms with Crippen LogP contribution in [-0.4, -0.2) is 129 Å². The van der Waals surface area contributed by atoms with Crippen molar-refractivity contribution >= 4 is 5.91 Å². The van der Waals surface area contributed by atoms with Crippen LogP contribution in [0.15, 0.2) is 12.2 Å². The van der Waals surface area contributed by atoms with Gasteiger partial charge in [0.1, 0.15) is 48.8 Å². The number of nitrogens with one attached hydrogen (secondary N) is 1. The van der Waals surface area contributed by atoms with E-state index in [1.165, 1.54) is 44.9 Å². The Morgan fingerprint density at radius 2 is 1.24 bits per heavy atom. The van der Waals surface area contributed by atoms with Gasteiger partial charge in [-0.05, 0) is 32.1 Å². The van der Waals surface area contributed by atoms with Crippen LogP contribution in [0.2, 0.25) is 0 Å². The number of carbonyl (C=O) groups is 1. The topological polar surface area (TPSA) is 208 Å². The third-order valence-electron chi connectivity index (χ3n) is 8.33. The summed E-state index contributed by atoms with van der Waals surface area (Å²) in [5.74, 6) is -0.109. The van der Waals surface area contributed by atoms with Gasteiger partial charge in [0.05, 0.1) is 19.8 Å². The van der Waals surface area contributed by atoms with E-state index in [0.717, 1.165) is 38.5 Å². The summed E-state index contributed by atoms with van der Waals surface area (Å²) in [6, 6.07) is 0. The second kappa shape index (κ2) is 23.2. The van der Waals surface area contributed by atoms with Crippen molar-refractivity contribution in [1.29, 1.82) is 0 Å². The third-order valence-corrected chi connectivity index (χ3v) is 8.33. The molecule has 8 N–H and O–H groups in total. The molecule has 0 radical (unpaired) electrons. The first-order valence-corrected chi connectivity index (χ1v) is 16.9. The van der Waals surface area contributed by atoms with Gasteiger partial charge < -0.3 is 60.0 Å². The molecule has 0 bridgehead atoms. The molecule has 2 fully saturated rings. The van der Waals surface area contributed by atoms with Gasteiger partial charge in [0, 0.05) is 13.0 Å². The average molecular weight is 650 g/mol. The van der Waals surface area contributed by atoms with E-state index >= 15 is 0 Å². The van der Waals surface area contributed by atoms with Crippen LogP contribution in [0.5, 0.6) is 0 Å². The van der Waals surface area contributed by atoms with Crippen LogP contribution in [-0.2, 0) is 23.7 Å². The maximum Gasteiger partial charge on any atom is 0.220 e. The lowest BCUT2D eigenvalue weighted by Crippen LogP contribution is -2.64. The minimum Gasteiger partial charge on any atom is -0.394 e. The quantitative estimate of drug-likeness (QED) is 0.0571. The number of carbonyl (C=O) groups excluding carboxylic acids is 1. The van der Waals surface area contributed by atoms with Gasteiger partial charge in [0.2, 0.25) is 5.91 Å². The molecule has 264 valence electrons. The molecule has 45 heavy (non-hydrogen) atoms. The molecule has 0 aromatic heterocycles. The number of hydrogen-bond donors (Lipinski definition) is 8. The summed E-state index contributed by atoms with van der Waals surface area (Å²) in [7, 11) is 0. The largest absolute Gasteiger partial charge is 0.394 e. The summed E-state index contributed by atoms with van der Waals surface area (Å²) in [5, 5.41) is 73.2. The predicted octanol–water partition coefficient (Wildman–Crippen LogP) is 0.781. The Morgan fingerprint density at radius 1 is 0.689 bits per heavy atom.